The number of hydrogen-bond acceptors (Lipinski definition) is 4. The molecule has 3 heterocycles. The number of fused-ring (bicyclic) bond motifs is 5. The highest BCUT2D eigenvalue weighted by Gasteiger charge is 2.16. The maximum absolute atomic E-state index is 5.28. The molecule has 0 aliphatic carbocycles. The summed E-state index contributed by atoms with van der Waals surface area (Å²) in [5.74, 6) is 0. The SMILES string of the molecule is C=Nc1c(/C=C\C)c(-c2ccc(-c3ccc4ccc5c(-c6ccc(-c7ccccc7)cc6)c6ccccc6nc5c4n3)cc2)cc2cccnc12. The van der Waals surface area contributed by atoms with Crippen LogP contribution in [-0.2, 0) is 0 Å². The minimum absolute atomic E-state index is 0.792. The number of benzene rings is 6. The summed E-state index contributed by atoms with van der Waals surface area (Å²) in [5, 5.41) is 4.30. The zero-order chi connectivity index (χ0) is 34.3. The summed E-state index contributed by atoms with van der Waals surface area (Å²) in [7, 11) is 0. The first-order chi connectivity index (χ1) is 25.2. The van der Waals surface area contributed by atoms with E-state index in [-0.39, 0.29) is 0 Å². The van der Waals surface area contributed by atoms with E-state index >= 15 is 0 Å². The molecule has 0 saturated heterocycles. The topological polar surface area (TPSA) is 51.0 Å². The predicted molar refractivity (Wildman–Crippen MR) is 216 cm³/mol. The van der Waals surface area contributed by atoms with E-state index in [2.05, 4.69) is 156 Å². The molecule has 51 heavy (non-hydrogen) atoms. The molecule has 9 aromatic rings. The molecule has 0 aliphatic heterocycles. The Morgan fingerprint density at radius 2 is 1.25 bits per heavy atom. The van der Waals surface area contributed by atoms with Crippen LogP contribution in [0.4, 0.5) is 5.69 Å². The van der Waals surface area contributed by atoms with Crippen molar-refractivity contribution in [3.63, 3.8) is 0 Å². The van der Waals surface area contributed by atoms with Crippen LogP contribution in [0.2, 0.25) is 0 Å². The maximum Gasteiger partial charge on any atom is 0.0978 e. The first-order valence-electron chi connectivity index (χ1n) is 17.1. The molecule has 0 fully saturated rings. The van der Waals surface area contributed by atoms with Gasteiger partial charge in [0, 0.05) is 44.4 Å². The number of para-hydroxylation sites is 1. The quantitative estimate of drug-likeness (QED) is 0.102. The Balaban J connectivity index is 1.17. The highest BCUT2D eigenvalue weighted by atomic mass is 14.8. The fraction of sp³-hybridized carbons (Fsp3) is 0.0213. The molecule has 0 saturated carbocycles. The average Bonchev–Trinajstić information content (AvgIpc) is 3.20. The standard InChI is InChI=1S/C47H32N4/c1-3-10-37-40(29-36-13-9-28-49-44(36)46(37)48-2)32-18-20-33(21-19-32)41-27-25-35-24-26-39-43(34-22-16-31(17-23-34)30-11-5-4-6-12-30)38-14-7-8-15-42(38)51-47(39)45(35)50-41/h3-29H,2H2,1H3/b10-3-. The smallest absolute Gasteiger partial charge is 0.0978 e. The minimum Gasteiger partial charge on any atom is -0.262 e. The van der Waals surface area contributed by atoms with E-state index in [4.69, 9.17) is 9.97 Å². The van der Waals surface area contributed by atoms with Gasteiger partial charge in [0.05, 0.1) is 33.4 Å². The zero-order valence-corrected chi connectivity index (χ0v) is 28.1. The fourth-order valence-electron chi connectivity index (χ4n) is 7.24. The average molecular weight is 653 g/mol. The summed E-state index contributed by atoms with van der Waals surface area (Å²) in [6, 6.07) is 51.2. The van der Waals surface area contributed by atoms with Gasteiger partial charge >= 0.3 is 0 Å². The van der Waals surface area contributed by atoms with Gasteiger partial charge in [-0.3, -0.25) is 9.98 Å². The number of allylic oxidation sites excluding steroid dienone is 1. The van der Waals surface area contributed by atoms with E-state index in [0.717, 1.165) is 82.8 Å². The molecule has 9 rings (SSSR count). The number of nitrogens with zero attached hydrogens (tertiary/aromatic N) is 4. The molecule has 4 nitrogen and oxygen atoms in total. The van der Waals surface area contributed by atoms with Crippen LogP contribution < -0.4 is 0 Å². The molecule has 3 aromatic heterocycles. The second-order valence-corrected chi connectivity index (χ2v) is 12.7. The van der Waals surface area contributed by atoms with Crippen LogP contribution in [0.15, 0.2) is 163 Å². The fourth-order valence-corrected chi connectivity index (χ4v) is 7.24. The summed E-state index contributed by atoms with van der Waals surface area (Å²) in [4.78, 5) is 19.5. The Hall–Kier alpha value is -6.78. The third-order valence-corrected chi connectivity index (χ3v) is 9.68. The van der Waals surface area contributed by atoms with Crippen LogP contribution >= 0.6 is 0 Å². The molecular weight excluding hydrogens is 621 g/mol. The first-order valence-corrected chi connectivity index (χ1v) is 17.1. The summed E-state index contributed by atoms with van der Waals surface area (Å²) >= 11 is 0. The van der Waals surface area contributed by atoms with E-state index in [0.29, 0.717) is 0 Å². The van der Waals surface area contributed by atoms with Gasteiger partial charge in [-0.05, 0) is 65.7 Å². The summed E-state index contributed by atoms with van der Waals surface area (Å²) in [5.41, 5.74) is 14.2. The predicted octanol–water partition coefficient (Wildman–Crippen LogP) is 12.5. The van der Waals surface area contributed by atoms with Gasteiger partial charge in [-0.25, -0.2) is 9.97 Å². The van der Waals surface area contributed by atoms with Gasteiger partial charge in [-0.15, -0.1) is 0 Å². The van der Waals surface area contributed by atoms with E-state index < -0.39 is 0 Å². The third-order valence-electron chi connectivity index (χ3n) is 9.68. The van der Waals surface area contributed by atoms with E-state index in [9.17, 15) is 0 Å². The molecule has 0 bridgehead atoms. The number of pyridine rings is 3. The lowest BCUT2D eigenvalue weighted by molar-refractivity contribution is 1.38. The molecule has 240 valence electrons. The van der Waals surface area contributed by atoms with Crippen molar-refractivity contribution >= 4 is 62.1 Å². The van der Waals surface area contributed by atoms with Crippen LogP contribution in [0.1, 0.15) is 12.5 Å². The molecule has 0 amide bonds. The molecule has 0 radical (unpaired) electrons. The monoisotopic (exact) mass is 652 g/mol. The lowest BCUT2D eigenvalue weighted by Gasteiger charge is -2.14. The normalized spacial score (nSPS) is 11.6. The summed E-state index contributed by atoms with van der Waals surface area (Å²) in [6.45, 7) is 5.89. The lowest BCUT2D eigenvalue weighted by atomic mass is 9.93. The molecule has 0 aliphatic rings. The van der Waals surface area contributed by atoms with Crippen molar-refractivity contribution in [1.82, 2.24) is 15.0 Å². The van der Waals surface area contributed by atoms with Gasteiger partial charge < -0.3 is 0 Å². The molecular formula is C47H32N4. The van der Waals surface area contributed by atoms with Gasteiger partial charge in [-0.1, -0.05) is 133 Å². The number of aromatic nitrogens is 3. The first kappa shape index (κ1) is 30.3. The van der Waals surface area contributed by atoms with Crippen molar-refractivity contribution in [3.05, 3.63) is 163 Å². The Bertz CT molecular complexity index is 2800. The zero-order valence-electron chi connectivity index (χ0n) is 28.1. The Kier molecular flexibility index (Phi) is 7.48. The van der Waals surface area contributed by atoms with Crippen molar-refractivity contribution in [3.8, 4) is 44.6 Å². The van der Waals surface area contributed by atoms with Gasteiger partial charge in [-0.2, -0.15) is 0 Å². The van der Waals surface area contributed by atoms with Crippen molar-refractivity contribution in [2.75, 3.05) is 0 Å². The van der Waals surface area contributed by atoms with Gasteiger partial charge in [0.15, 0.2) is 0 Å². The number of hydrogen-bond donors (Lipinski definition) is 0. The lowest BCUT2D eigenvalue weighted by Crippen LogP contribution is -1.93. The van der Waals surface area contributed by atoms with Crippen molar-refractivity contribution in [2.24, 2.45) is 4.99 Å². The second kappa shape index (κ2) is 12.6. The Morgan fingerprint density at radius 1 is 0.549 bits per heavy atom. The van der Waals surface area contributed by atoms with Gasteiger partial charge in [0.25, 0.3) is 0 Å². The molecule has 0 spiro atoms. The Morgan fingerprint density at radius 3 is 2.06 bits per heavy atom. The molecule has 6 aromatic carbocycles. The van der Waals surface area contributed by atoms with Crippen molar-refractivity contribution in [2.45, 2.75) is 6.92 Å². The van der Waals surface area contributed by atoms with Gasteiger partial charge in [0.2, 0.25) is 0 Å². The highest BCUT2D eigenvalue weighted by molar-refractivity contribution is 6.16. The van der Waals surface area contributed by atoms with E-state index in [1.54, 1.807) is 6.20 Å². The molecule has 0 N–H and O–H groups in total. The molecule has 4 heteroatoms. The maximum atomic E-state index is 5.28. The Labute approximate surface area is 296 Å². The van der Waals surface area contributed by atoms with Crippen LogP contribution in [-0.4, -0.2) is 21.7 Å². The van der Waals surface area contributed by atoms with E-state index in [1.807, 2.05) is 25.1 Å². The largest absolute Gasteiger partial charge is 0.262 e. The summed E-state index contributed by atoms with van der Waals surface area (Å²) < 4.78 is 0. The molecule has 0 unspecified atom stereocenters. The van der Waals surface area contributed by atoms with Crippen LogP contribution in [0.5, 0.6) is 0 Å². The van der Waals surface area contributed by atoms with E-state index in [1.165, 1.54) is 16.7 Å². The van der Waals surface area contributed by atoms with Gasteiger partial charge in [0.1, 0.15) is 0 Å². The molecule has 0 atom stereocenters. The highest BCUT2D eigenvalue weighted by Crippen LogP contribution is 2.40. The van der Waals surface area contributed by atoms with Crippen molar-refractivity contribution < 1.29 is 0 Å². The van der Waals surface area contributed by atoms with Crippen molar-refractivity contribution in [1.29, 1.82) is 0 Å². The summed E-state index contributed by atoms with van der Waals surface area (Å²) in [6.07, 6.45) is 5.91. The number of aliphatic imine (C=N–C) groups is 1. The third kappa shape index (κ3) is 5.25. The number of rotatable bonds is 6. The van der Waals surface area contributed by atoms with Crippen LogP contribution in [0, 0.1) is 0 Å². The van der Waals surface area contributed by atoms with Crippen LogP contribution in [0.25, 0.3) is 94.3 Å². The minimum atomic E-state index is 0.792. The second-order valence-electron chi connectivity index (χ2n) is 12.7. The van der Waals surface area contributed by atoms with Crippen LogP contribution in [0.3, 0.4) is 0 Å².